The van der Waals surface area contributed by atoms with E-state index in [0.29, 0.717) is 19.3 Å². The molecule has 5 heteroatoms. The summed E-state index contributed by atoms with van der Waals surface area (Å²) >= 11 is 0. The van der Waals surface area contributed by atoms with Gasteiger partial charge in [-0.1, -0.05) is 19.4 Å². The number of aliphatic hydroxyl groups excluding tert-OH is 1. The molecule has 3 N–H and O–H groups in total. The highest BCUT2D eigenvalue weighted by molar-refractivity contribution is 5.91. The summed E-state index contributed by atoms with van der Waals surface area (Å²) in [7, 11) is 0. The number of aliphatic hydroxyl groups is 2. The lowest BCUT2D eigenvalue weighted by Gasteiger charge is -2.60. The third-order valence-corrected chi connectivity index (χ3v) is 8.40. The van der Waals surface area contributed by atoms with Crippen LogP contribution in [0, 0.1) is 28.6 Å². The van der Waals surface area contributed by atoms with Gasteiger partial charge in [0.2, 0.25) is 0 Å². The molecule has 0 aromatic carbocycles. The zero-order valence-corrected chi connectivity index (χ0v) is 15.0. The predicted octanol–water partition coefficient (Wildman–Crippen LogP) is 2.30. The van der Waals surface area contributed by atoms with Gasteiger partial charge >= 0.3 is 5.97 Å². The molecule has 4 aliphatic rings. The lowest BCUT2D eigenvalue weighted by atomic mass is 9.45. The van der Waals surface area contributed by atoms with Gasteiger partial charge in [0, 0.05) is 11.8 Å². The minimum atomic E-state index is -1.75. The Balaban J connectivity index is 1.75. The molecule has 4 aliphatic carbocycles. The van der Waals surface area contributed by atoms with Crippen LogP contribution in [0.15, 0.2) is 11.6 Å². The molecule has 5 nitrogen and oxygen atoms in total. The molecule has 3 fully saturated rings. The molecule has 4 rings (SSSR count). The van der Waals surface area contributed by atoms with E-state index in [1.54, 1.807) is 6.08 Å². The highest BCUT2D eigenvalue weighted by Gasteiger charge is 2.68. The summed E-state index contributed by atoms with van der Waals surface area (Å²) in [5.41, 5.74) is -1.55. The fourth-order valence-corrected chi connectivity index (χ4v) is 7.04. The molecule has 0 saturated heterocycles. The quantitative estimate of drug-likeness (QED) is 0.676. The number of rotatable bonds is 1. The third-order valence-electron chi connectivity index (χ3n) is 8.40. The number of carboxylic acid groups (broad SMARTS) is 1. The van der Waals surface area contributed by atoms with Crippen molar-refractivity contribution in [2.45, 2.75) is 70.5 Å². The zero-order chi connectivity index (χ0) is 18.2. The van der Waals surface area contributed by atoms with E-state index in [1.165, 1.54) is 5.57 Å². The summed E-state index contributed by atoms with van der Waals surface area (Å²) in [6.45, 7) is 4.03. The zero-order valence-electron chi connectivity index (χ0n) is 15.0. The smallest absolute Gasteiger partial charge is 0.336 e. The van der Waals surface area contributed by atoms with Gasteiger partial charge in [0.1, 0.15) is 0 Å². The number of ketones is 1. The Hall–Kier alpha value is -1.20. The molecule has 25 heavy (non-hydrogen) atoms. The van der Waals surface area contributed by atoms with Crippen molar-refractivity contribution in [3.8, 4) is 0 Å². The minimum absolute atomic E-state index is 0.0508. The topological polar surface area (TPSA) is 94.8 Å². The maximum Gasteiger partial charge on any atom is 0.336 e. The van der Waals surface area contributed by atoms with Gasteiger partial charge in [-0.15, -0.1) is 0 Å². The standard InChI is InChI=1S/C20H28O5/c1-18-7-5-12(21)9-11(18)3-4-13-14-6-8-20(25,17(23)24)19(14,2)10-15(22)16(13)18/h9,13-16,22,25H,3-8,10H2,1-2H3,(H,23,24)/t13-,14-,15?,16-,18-,19-,20?/m0/s1. The van der Waals surface area contributed by atoms with Crippen molar-refractivity contribution in [3.63, 3.8) is 0 Å². The van der Waals surface area contributed by atoms with Crippen LogP contribution < -0.4 is 0 Å². The summed E-state index contributed by atoms with van der Waals surface area (Å²) < 4.78 is 0. The first-order chi connectivity index (χ1) is 11.6. The Morgan fingerprint density at radius 1 is 1.20 bits per heavy atom. The van der Waals surface area contributed by atoms with Crippen molar-refractivity contribution in [1.82, 2.24) is 0 Å². The van der Waals surface area contributed by atoms with Crippen LogP contribution in [0.5, 0.6) is 0 Å². The Kier molecular flexibility index (Phi) is 3.56. The molecule has 138 valence electrons. The molecule has 0 heterocycles. The summed E-state index contributed by atoms with van der Waals surface area (Å²) in [5, 5.41) is 31.6. The van der Waals surface area contributed by atoms with Crippen molar-refractivity contribution in [2.75, 3.05) is 0 Å². The maximum absolute atomic E-state index is 11.9. The van der Waals surface area contributed by atoms with Crippen molar-refractivity contribution < 1.29 is 24.9 Å². The molecule has 7 atom stereocenters. The lowest BCUT2D eigenvalue weighted by molar-refractivity contribution is -0.194. The Bertz CT molecular complexity index is 669. The molecule has 3 saturated carbocycles. The van der Waals surface area contributed by atoms with Crippen LogP contribution in [0.3, 0.4) is 0 Å². The van der Waals surface area contributed by atoms with Gasteiger partial charge in [-0.25, -0.2) is 4.79 Å². The van der Waals surface area contributed by atoms with Gasteiger partial charge in [0.05, 0.1) is 6.10 Å². The summed E-state index contributed by atoms with van der Waals surface area (Å²) in [6.07, 6.45) is 5.43. The SMILES string of the molecule is C[C@]12CCC(=O)C=C1CC[C@@H]1[C@H]2C(O)C[C@@]2(C)[C@H]1CCC2(O)C(=O)O. The van der Waals surface area contributed by atoms with Crippen molar-refractivity contribution in [2.24, 2.45) is 28.6 Å². The first-order valence-electron chi connectivity index (χ1n) is 9.51. The van der Waals surface area contributed by atoms with Crippen LogP contribution in [0.4, 0.5) is 0 Å². The van der Waals surface area contributed by atoms with Crippen LogP contribution in [0.2, 0.25) is 0 Å². The number of aliphatic carboxylic acids is 1. The number of carbonyl (C=O) groups excluding carboxylic acids is 1. The van der Waals surface area contributed by atoms with E-state index in [1.807, 2.05) is 6.92 Å². The van der Waals surface area contributed by atoms with Gasteiger partial charge in [-0.3, -0.25) is 4.79 Å². The average molecular weight is 348 g/mol. The molecule has 0 aromatic heterocycles. The van der Waals surface area contributed by atoms with E-state index in [4.69, 9.17) is 0 Å². The first kappa shape index (κ1) is 17.2. The lowest BCUT2D eigenvalue weighted by Crippen LogP contribution is -2.61. The summed E-state index contributed by atoms with van der Waals surface area (Å²) in [6, 6.07) is 0. The van der Waals surface area contributed by atoms with Crippen LogP contribution in [-0.2, 0) is 9.59 Å². The van der Waals surface area contributed by atoms with Crippen molar-refractivity contribution in [3.05, 3.63) is 11.6 Å². The van der Waals surface area contributed by atoms with E-state index < -0.39 is 23.1 Å². The van der Waals surface area contributed by atoms with Gasteiger partial charge < -0.3 is 15.3 Å². The second-order valence-corrected chi connectivity index (χ2v) is 9.28. The van der Waals surface area contributed by atoms with E-state index in [-0.39, 0.29) is 35.4 Å². The molecule has 0 bridgehead atoms. The average Bonchev–Trinajstić information content (AvgIpc) is 2.80. The van der Waals surface area contributed by atoms with Crippen LogP contribution in [0.25, 0.3) is 0 Å². The Labute approximate surface area is 148 Å². The summed E-state index contributed by atoms with van der Waals surface area (Å²) in [4.78, 5) is 23.7. The number of fused-ring (bicyclic) bond motifs is 5. The van der Waals surface area contributed by atoms with Gasteiger partial charge in [0.25, 0.3) is 0 Å². The number of hydrogen-bond donors (Lipinski definition) is 3. The highest BCUT2D eigenvalue weighted by Crippen LogP contribution is 2.67. The molecular weight excluding hydrogens is 320 g/mol. The monoisotopic (exact) mass is 348 g/mol. The molecular formula is C20H28O5. The second-order valence-electron chi connectivity index (χ2n) is 9.28. The largest absolute Gasteiger partial charge is 0.479 e. The number of allylic oxidation sites excluding steroid dienone is 1. The van der Waals surface area contributed by atoms with Crippen LogP contribution in [-0.4, -0.2) is 38.8 Å². The number of carboxylic acids is 1. The van der Waals surface area contributed by atoms with E-state index >= 15 is 0 Å². The van der Waals surface area contributed by atoms with E-state index in [0.717, 1.165) is 19.3 Å². The van der Waals surface area contributed by atoms with Crippen molar-refractivity contribution in [1.29, 1.82) is 0 Å². The van der Waals surface area contributed by atoms with Crippen LogP contribution in [0.1, 0.15) is 58.8 Å². The van der Waals surface area contributed by atoms with Gasteiger partial charge in [0.15, 0.2) is 11.4 Å². The maximum atomic E-state index is 11.9. The normalized spacial score (nSPS) is 52.0. The second kappa shape index (κ2) is 5.17. The fourth-order valence-electron chi connectivity index (χ4n) is 7.04. The van der Waals surface area contributed by atoms with Crippen molar-refractivity contribution >= 4 is 11.8 Å². The highest BCUT2D eigenvalue weighted by atomic mass is 16.4. The van der Waals surface area contributed by atoms with E-state index in [9.17, 15) is 24.9 Å². The molecule has 0 radical (unpaired) electrons. The Morgan fingerprint density at radius 3 is 2.60 bits per heavy atom. The van der Waals surface area contributed by atoms with Crippen LogP contribution >= 0.6 is 0 Å². The third kappa shape index (κ3) is 2.02. The predicted molar refractivity (Wildman–Crippen MR) is 90.7 cm³/mol. The number of hydrogen-bond acceptors (Lipinski definition) is 4. The van der Waals surface area contributed by atoms with Gasteiger partial charge in [-0.05, 0) is 67.8 Å². The van der Waals surface area contributed by atoms with Gasteiger partial charge in [-0.2, -0.15) is 0 Å². The molecule has 0 spiro atoms. The molecule has 0 aromatic rings. The Morgan fingerprint density at radius 2 is 1.92 bits per heavy atom. The molecule has 0 aliphatic heterocycles. The van der Waals surface area contributed by atoms with E-state index in [2.05, 4.69) is 6.92 Å². The molecule has 2 unspecified atom stereocenters. The number of carbonyl (C=O) groups is 2. The molecule has 0 amide bonds. The fraction of sp³-hybridized carbons (Fsp3) is 0.800. The first-order valence-corrected chi connectivity index (χ1v) is 9.51. The minimum Gasteiger partial charge on any atom is -0.479 e. The summed E-state index contributed by atoms with van der Waals surface area (Å²) in [5.74, 6) is -0.610.